The number of rotatable bonds is 1. The molecule has 6 aliphatic rings. The molecule has 9 unspecified atom stereocenters. The number of fused-ring (bicyclic) bond motifs is 3. The van der Waals surface area contributed by atoms with E-state index >= 15 is 0 Å². The highest BCUT2D eigenvalue weighted by atomic mass is 16.6. The fourth-order valence-corrected chi connectivity index (χ4v) is 8.80. The largest absolute Gasteiger partial charge is 0.458 e. The van der Waals surface area contributed by atoms with Crippen molar-refractivity contribution in [3.8, 4) is 0 Å². The fraction of sp³-hybridized carbons (Fsp3) is 0.870. The van der Waals surface area contributed by atoms with Crippen molar-refractivity contribution in [2.45, 2.75) is 94.2 Å². The van der Waals surface area contributed by atoms with Crippen LogP contribution in [0.15, 0.2) is 11.6 Å². The summed E-state index contributed by atoms with van der Waals surface area (Å²) in [6, 6.07) is 0. The zero-order chi connectivity index (χ0) is 20.4. The van der Waals surface area contributed by atoms with Crippen LogP contribution in [-0.2, 0) is 14.3 Å². The monoisotopic (exact) mass is 404 g/mol. The maximum Gasteiger partial charge on any atom is 0.331 e. The van der Waals surface area contributed by atoms with E-state index in [2.05, 4.69) is 13.8 Å². The summed E-state index contributed by atoms with van der Waals surface area (Å²) >= 11 is 0. The standard InChI is InChI=1S/C23H32O6/c1-19-7-5-16-20(2)6-3-14(24)10-21(20,26)11-17-23(16,29-17)22(19,27)8-4-15(19)13-9-18(25)28-12-13/h9,14-17,24,26-27H,3-8,10-12H2,1-2H3. The maximum absolute atomic E-state index is 12.3. The third-order valence-corrected chi connectivity index (χ3v) is 10.4. The summed E-state index contributed by atoms with van der Waals surface area (Å²) in [5.74, 6) is -0.0677. The third-order valence-electron chi connectivity index (χ3n) is 10.4. The molecule has 0 aromatic rings. The van der Waals surface area contributed by atoms with Crippen molar-refractivity contribution in [1.82, 2.24) is 0 Å². The number of hydrogen-bond acceptors (Lipinski definition) is 6. The van der Waals surface area contributed by atoms with Gasteiger partial charge in [0.2, 0.25) is 0 Å². The van der Waals surface area contributed by atoms with Crippen LogP contribution in [0.1, 0.15) is 65.2 Å². The van der Waals surface area contributed by atoms with Gasteiger partial charge in [0.25, 0.3) is 0 Å². The van der Waals surface area contributed by atoms with Crippen LogP contribution in [0.2, 0.25) is 0 Å². The van der Waals surface area contributed by atoms with Crippen molar-refractivity contribution in [2.24, 2.45) is 22.7 Å². The lowest BCUT2D eigenvalue weighted by Gasteiger charge is -2.64. The highest BCUT2D eigenvalue weighted by molar-refractivity contribution is 5.85. The first-order valence-corrected chi connectivity index (χ1v) is 11.3. The van der Waals surface area contributed by atoms with Gasteiger partial charge < -0.3 is 24.8 Å². The van der Waals surface area contributed by atoms with Crippen LogP contribution in [0.3, 0.4) is 0 Å². The Labute approximate surface area is 171 Å². The third kappa shape index (κ3) is 1.92. The summed E-state index contributed by atoms with van der Waals surface area (Å²) in [6.45, 7) is 4.67. The van der Waals surface area contributed by atoms with E-state index in [1.165, 1.54) is 0 Å². The average molecular weight is 405 g/mol. The lowest BCUT2D eigenvalue weighted by atomic mass is 9.41. The quantitative estimate of drug-likeness (QED) is 0.456. The number of aliphatic hydroxyl groups excluding tert-OH is 1. The maximum atomic E-state index is 12.3. The molecule has 5 fully saturated rings. The van der Waals surface area contributed by atoms with E-state index in [-0.39, 0.29) is 34.7 Å². The average Bonchev–Trinajstić information content (AvgIpc) is 3.06. The molecule has 2 aliphatic heterocycles. The molecule has 6 nitrogen and oxygen atoms in total. The molecule has 0 amide bonds. The van der Waals surface area contributed by atoms with Crippen LogP contribution in [0.5, 0.6) is 0 Å². The summed E-state index contributed by atoms with van der Waals surface area (Å²) in [5.41, 5.74) is -2.22. The highest BCUT2D eigenvalue weighted by Gasteiger charge is 2.86. The Bertz CT molecular complexity index is 824. The molecule has 6 rings (SSSR count). The first-order valence-electron chi connectivity index (χ1n) is 11.3. The molecule has 6 heteroatoms. The topological polar surface area (TPSA) is 99.5 Å². The molecule has 0 bridgehead atoms. The van der Waals surface area contributed by atoms with Gasteiger partial charge in [-0.25, -0.2) is 4.79 Å². The molecule has 9 atom stereocenters. The van der Waals surface area contributed by atoms with Gasteiger partial charge in [0.1, 0.15) is 17.8 Å². The van der Waals surface area contributed by atoms with Crippen LogP contribution >= 0.6 is 0 Å². The molecule has 2 heterocycles. The van der Waals surface area contributed by atoms with Crippen LogP contribution in [0.25, 0.3) is 0 Å². The number of carbonyl (C=O) groups excluding carboxylic acids is 1. The van der Waals surface area contributed by atoms with Gasteiger partial charge in [-0.1, -0.05) is 13.8 Å². The zero-order valence-electron chi connectivity index (χ0n) is 17.3. The molecule has 1 saturated heterocycles. The van der Waals surface area contributed by atoms with Crippen molar-refractivity contribution in [3.05, 3.63) is 11.6 Å². The molecule has 4 saturated carbocycles. The number of carbonyl (C=O) groups is 1. The van der Waals surface area contributed by atoms with Gasteiger partial charge in [-0.2, -0.15) is 0 Å². The molecule has 3 N–H and O–H groups in total. The van der Waals surface area contributed by atoms with E-state index in [0.29, 0.717) is 32.3 Å². The summed E-state index contributed by atoms with van der Waals surface area (Å²) in [4.78, 5) is 11.7. The lowest BCUT2D eigenvalue weighted by molar-refractivity contribution is -0.242. The van der Waals surface area contributed by atoms with Crippen molar-refractivity contribution < 1.29 is 29.6 Å². The summed E-state index contributed by atoms with van der Waals surface area (Å²) in [7, 11) is 0. The minimum Gasteiger partial charge on any atom is -0.458 e. The molecule has 1 spiro atoms. The minimum atomic E-state index is -0.967. The van der Waals surface area contributed by atoms with Crippen molar-refractivity contribution in [2.75, 3.05) is 6.61 Å². The molecular formula is C23H32O6. The van der Waals surface area contributed by atoms with Gasteiger partial charge in [-0.05, 0) is 50.0 Å². The van der Waals surface area contributed by atoms with E-state index in [4.69, 9.17) is 9.47 Å². The smallest absolute Gasteiger partial charge is 0.331 e. The second kappa shape index (κ2) is 5.26. The van der Waals surface area contributed by atoms with Crippen LogP contribution < -0.4 is 0 Å². The second-order valence-electron chi connectivity index (χ2n) is 11.2. The number of esters is 1. The molecule has 0 radical (unpaired) electrons. The molecule has 29 heavy (non-hydrogen) atoms. The Hall–Kier alpha value is -0.950. The highest BCUT2D eigenvalue weighted by Crippen LogP contribution is 2.78. The predicted octanol–water partition coefficient (Wildman–Crippen LogP) is 1.85. The van der Waals surface area contributed by atoms with E-state index in [1.54, 1.807) is 6.08 Å². The molecule has 160 valence electrons. The fourth-order valence-electron chi connectivity index (χ4n) is 8.80. The number of cyclic esters (lactones) is 1. The first-order chi connectivity index (χ1) is 13.6. The van der Waals surface area contributed by atoms with E-state index < -0.39 is 22.9 Å². The Morgan fingerprint density at radius 2 is 1.79 bits per heavy atom. The van der Waals surface area contributed by atoms with E-state index in [0.717, 1.165) is 31.3 Å². The number of hydrogen-bond donors (Lipinski definition) is 3. The zero-order valence-corrected chi connectivity index (χ0v) is 17.3. The van der Waals surface area contributed by atoms with E-state index in [1.807, 2.05) is 0 Å². The molecular weight excluding hydrogens is 372 g/mol. The van der Waals surface area contributed by atoms with Crippen LogP contribution in [-0.4, -0.2) is 56.9 Å². The van der Waals surface area contributed by atoms with Crippen LogP contribution in [0.4, 0.5) is 0 Å². The SMILES string of the molecule is CC12CCC(O)CC1(O)CC1OC13C2CCC1(C)C(C2=CC(=O)OC2)CCC13O. The summed E-state index contributed by atoms with van der Waals surface area (Å²) in [6.07, 6.45) is 6.58. The number of ether oxygens (including phenoxy) is 2. The summed E-state index contributed by atoms with van der Waals surface area (Å²) in [5, 5.41) is 34.2. The Morgan fingerprint density at radius 3 is 2.52 bits per heavy atom. The Morgan fingerprint density at radius 1 is 1.03 bits per heavy atom. The van der Waals surface area contributed by atoms with Gasteiger partial charge in [-0.15, -0.1) is 0 Å². The lowest BCUT2D eigenvalue weighted by Crippen LogP contribution is -2.72. The Balaban J connectivity index is 1.41. The van der Waals surface area contributed by atoms with Crippen molar-refractivity contribution in [1.29, 1.82) is 0 Å². The minimum absolute atomic E-state index is 0.0820. The van der Waals surface area contributed by atoms with Crippen molar-refractivity contribution >= 4 is 5.97 Å². The van der Waals surface area contributed by atoms with Gasteiger partial charge in [-0.3, -0.25) is 0 Å². The number of aliphatic hydroxyl groups is 3. The van der Waals surface area contributed by atoms with Crippen molar-refractivity contribution in [3.63, 3.8) is 0 Å². The van der Waals surface area contributed by atoms with Crippen LogP contribution in [0, 0.1) is 22.7 Å². The Kier molecular flexibility index (Phi) is 3.41. The summed E-state index contributed by atoms with van der Waals surface area (Å²) < 4.78 is 11.6. The first kappa shape index (κ1) is 18.8. The molecule has 4 aliphatic carbocycles. The van der Waals surface area contributed by atoms with E-state index in [9.17, 15) is 20.1 Å². The molecule has 0 aromatic heterocycles. The van der Waals surface area contributed by atoms with Gasteiger partial charge in [0.15, 0.2) is 0 Å². The van der Waals surface area contributed by atoms with Gasteiger partial charge in [0.05, 0.1) is 17.8 Å². The van der Waals surface area contributed by atoms with Gasteiger partial charge in [0, 0.05) is 35.7 Å². The normalized spacial score (nSPS) is 60.4. The number of epoxide rings is 1. The van der Waals surface area contributed by atoms with Gasteiger partial charge >= 0.3 is 5.97 Å². The molecule has 0 aromatic carbocycles. The second-order valence-corrected chi connectivity index (χ2v) is 11.2. The predicted molar refractivity (Wildman–Crippen MR) is 103 cm³/mol.